The second-order valence-electron chi connectivity index (χ2n) is 5.50. The summed E-state index contributed by atoms with van der Waals surface area (Å²) in [5.74, 6) is -0.972. The molecular weight excluding hydrogens is 303 g/mol. The Hall–Kier alpha value is -0.740. The van der Waals surface area contributed by atoms with Gasteiger partial charge in [-0.15, -0.1) is 23.2 Å². The number of carbonyl (C=O) groups excluding carboxylic acids is 4. The Bertz CT molecular complexity index is 386. The molecular formula is C14H20Cl2O4. The zero-order valence-electron chi connectivity index (χ0n) is 12.2. The third-order valence-electron chi connectivity index (χ3n) is 3.01. The van der Waals surface area contributed by atoms with Crippen LogP contribution in [0.3, 0.4) is 0 Å². The van der Waals surface area contributed by atoms with Gasteiger partial charge in [-0.3, -0.25) is 4.79 Å². The molecule has 0 saturated heterocycles. The van der Waals surface area contributed by atoms with Crippen LogP contribution in [0.25, 0.3) is 0 Å². The molecule has 0 fully saturated rings. The average molecular weight is 323 g/mol. The monoisotopic (exact) mass is 322 g/mol. The van der Waals surface area contributed by atoms with Crippen molar-refractivity contribution < 1.29 is 19.2 Å². The third-order valence-corrected chi connectivity index (χ3v) is 4.08. The smallest absolute Gasteiger partial charge is 0.132 e. The summed E-state index contributed by atoms with van der Waals surface area (Å²) in [5, 5.41) is 0. The van der Waals surface area contributed by atoms with E-state index in [1.165, 1.54) is 27.7 Å². The van der Waals surface area contributed by atoms with Crippen LogP contribution in [0.1, 0.15) is 53.4 Å². The molecule has 20 heavy (non-hydrogen) atoms. The van der Waals surface area contributed by atoms with Crippen LogP contribution in [-0.4, -0.2) is 27.5 Å². The highest BCUT2D eigenvalue weighted by atomic mass is 35.5. The lowest BCUT2D eigenvalue weighted by atomic mass is 9.70. The first-order valence-electron chi connectivity index (χ1n) is 6.27. The average Bonchev–Trinajstić information content (AvgIpc) is 2.10. The molecule has 0 aliphatic carbocycles. The van der Waals surface area contributed by atoms with Crippen molar-refractivity contribution in [3.05, 3.63) is 0 Å². The van der Waals surface area contributed by atoms with Gasteiger partial charge < -0.3 is 14.4 Å². The number of alkyl halides is 2. The first-order chi connectivity index (χ1) is 8.92. The summed E-state index contributed by atoms with van der Waals surface area (Å²) in [4.78, 5) is 45.9. The van der Waals surface area contributed by atoms with Gasteiger partial charge in [-0.2, -0.15) is 0 Å². The van der Waals surface area contributed by atoms with Crippen LogP contribution in [0, 0.1) is 5.41 Å². The van der Waals surface area contributed by atoms with E-state index in [0.29, 0.717) is 0 Å². The first kappa shape index (κ1) is 19.3. The number of halogens is 2. The lowest BCUT2D eigenvalue weighted by Crippen LogP contribution is -2.45. The van der Waals surface area contributed by atoms with Gasteiger partial charge >= 0.3 is 0 Å². The van der Waals surface area contributed by atoms with E-state index in [0.717, 1.165) is 0 Å². The van der Waals surface area contributed by atoms with E-state index in [2.05, 4.69) is 0 Å². The maximum absolute atomic E-state index is 11.5. The Labute approximate surface area is 129 Å². The van der Waals surface area contributed by atoms with Crippen LogP contribution in [0.4, 0.5) is 0 Å². The van der Waals surface area contributed by atoms with Crippen molar-refractivity contribution in [2.45, 2.75) is 57.7 Å². The molecule has 0 heterocycles. The molecule has 0 saturated carbocycles. The molecule has 0 N–H and O–H groups in total. The van der Waals surface area contributed by atoms with Crippen LogP contribution in [0.2, 0.25) is 0 Å². The highest BCUT2D eigenvalue weighted by Crippen LogP contribution is 2.51. The van der Waals surface area contributed by atoms with Gasteiger partial charge in [-0.1, -0.05) is 0 Å². The summed E-state index contributed by atoms with van der Waals surface area (Å²) in [5.41, 5.74) is -1.24. The van der Waals surface area contributed by atoms with Crippen LogP contribution >= 0.6 is 23.2 Å². The zero-order valence-corrected chi connectivity index (χ0v) is 13.7. The normalized spacial score (nSPS) is 12.1. The van der Waals surface area contributed by atoms with Crippen molar-refractivity contribution in [1.29, 1.82) is 0 Å². The Morgan fingerprint density at radius 1 is 0.650 bits per heavy atom. The van der Waals surface area contributed by atoms with Gasteiger partial charge in [0.15, 0.2) is 0 Å². The van der Waals surface area contributed by atoms with Crippen molar-refractivity contribution in [2.24, 2.45) is 5.41 Å². The van der Waals surface area contributed by atoms with E-state index >= 15 is 0 Å². The zero-order chi connectivity index (χ0) is 16.1. The van der Waals surface area contributed by atoms with E-state index in [9.17, 15) is 19.2 Å². The fourth-order valence-electron chi connectivity index (χ4n) is 2.51. The minimum atomic E-state index is -1.64. The SMILES string of the molecule is CC(=O)CC(Cl)(Cl)C(CC(C)=O)(CC(C)=O)CC(C)=O. The van der Waals surface area contributed by atoms with Gasteiger partial charge in [-0.25, -0.2) is 0 Å². The van der Waals surface area contributed by atoms with Crippen LogP contribution in [0.5, 0.6) is 0 Å². The van der Waals surface area contributed by atoms with Crippen molar-refractivity contribution in [2.75, 3.05) is 0 Å². The van der Waals surface area contributed by atoms with Crippen molar-refractivity contribution in [3.8, 4) is 0 Å². The molecule has 0 aromatic rings. The maximum atomic E-state index is 11.5. The van der Waals surface area contributed by atoms with Gasteiger partial charge in [0.2, 0.25) is 0 Å². The van der Waals surface area contributed by atoms with Crippen molar-refractivity contribution >= 4 is 46.3 Å². The Balaban J connectivity index is 5.78. The molecule has 0 atom stereocenters. The molecule has 0 rings (SSSR count). The Morgan fingerprint density at radius 3 is 1.10 bits per heavy atom. The van der Waals surface area contributed by atoms with Crippen molar-refractivity contribution in [3.63, 3.8) is 0 Å². The minimum Gasteiger partial charge on any atom is -0.300 e. The van der Waals surface area contributed by atoms with E-state index in [-0.39, 0.29) is 48.8 Å². The lowest BCUT2D eigenvalue weighted by molar-refractivity contribution is -0.128. The largest absolute Gasteiger partial charge is 0.300 e. The highest BCUT2D eigenvalue weighted by molar-refractivity contribution is 6.50. The second kappa shape index (κ2) is 7.32. The first-order valence-corrected chi connectivity index (χ1v) is 7.03. The fourth-order valence-corrected chi connectivity index (χ4v) is 3.28. The number of hydrogen-bond donors (Lipinski definition) is 0. The van der Waals surface area contributed by atoms with E-state index < -0.39 is 9.75 Å². The Kier molecular flexibility index (Phi) is 7.05. The molecule has 0 unspecified atom stereocenters. The quantitative estimate of drug-likeness (QED) is 0.612. The van der Waals surface area contributed by atoms with Gasteiger partial charge in [-0.05, 0) is 27.7 Å². The van der Waals surface area contributed by atoms with E-state index in [1.54, 1.807) is 0 Å². The second-order valence-corrected chi connectivity index (χ2v) is 6.98. The minimum absolute atomic E-state index is 0.119. The molecule has 0 aliphatic rings. The molecule has 0 aromatic heterocycles. The summed E-state index contributed by atoms with van der Waals surface area (Å²) in [6.07, 6.45) is -0.574. The topological polar surface area (TPSA) is 68.3 Å². The number of hydrogen-bond acceptors (Lipinski definition) is 4. The summed E-state index contributed by atoms with van der Waals surface area (Å²) in [6, 6.07) is 0. The standard InChI is InChI=1S/C14H20Cl2O4/c1-9(17)5-13(6-10(2)18,7-11(3)19)14(15,16)8-12(4)20/h5-8H2,1-4H3. The highest BCUT2D eigenvalue weighted by Gasteiger charge is 2.51. The molecule has 0 aliphatic heterocycles. The summed E-state index contributed by atoms with van der Waals surface area (Å²) in [6.45, 7) is 5.34. The van der Waals surface area contributed by atoms with Crippen LogP contribution in [0.15, 0.2) is 0 Å². The van der Waals surface area contributed by atoms with Crippen LogP contribution < -0.4 is 0 Å². The van der Waals surface area contributed by atoms with Crippen LogP contribution in [-0.2, 0) is 19.2 Å². The fraction of sp³-hybridized carbons (Fsp3) is 0.714. The van der Waals surface area contributed by atoms with Gasteiger partial charge in [0.25, 0.3) is 0 Å². The Morgan fingerprint density at radius 2 is 0.900 bits per heavy atom. The summed E-state index contributed by atoms with van der Waals surface area (Å²) in [7, 11) is 0. The molecule has 0 amide bonds. The van der Waals surface area contributed by atoms with Gasteiger partial charge in [0, 0.05) is 31.1 Å². The molecule has 6 heteroatoms. The molecule has 0 radical (unpaired) electrons. The predicted octanol–water partition coefficient (Wildman–Crippen LogP) is 3.06. The lowest BCUT2D eigenvalue weighted by Gasteiger charge is -2.41. The third kappa shape index (κ3) is 5.71. The molecule has 0 bridgehead atoms. The molecule has 0 spiro atoms. The molecule has 4 nitrogen and oxygen atoms in total. The van der Waals surface area contributed by atoms with E-state index in [4.69, 9.17) is 23.2 Å². The number of ketones is 4. The van der Waals surface area contributed by atoms with Gasteiger partial charge in [0.05, 0.1) is 0 Å². The van der Waals surface area contributed by atoms with Gasteiger partial charge in [0.1, 0.15) is 27.5 Å². The van der Waals surface area contributed by atoms with E-state index in [1.807, 2.05) is 0 Å². The molecule has 114 valence electrons. The van der Waals surface area contributed by atoms with Crippen molar-refractivity contribution in [1.82, 2.24) is 0 Å². The number of Topliss-reactive ketones (excluding diaryl/α,β-unsaturated/α-hetero) is 4. The molecule has 0 aromatic carbocycles. The summed E-state index contributed by atoms with van der Waals surface area (Å²) >= 11 is 12.5. The predicted molar refractivity (Wildman–Crippen MR) is 78.1 cm³/mol. The number of carbonyl (C=O) groups is 4. The summed E-state index contributed by atoms with van der Waals surface area (Å²) < 4.78 is -1.64. The maximum Gasteiger partial charge on any atom is 0.132 e. The number of rotatable bonds is 9.